The number of nitrogens with one attached hydrogen (secondary N) is 2. The van der Waals surface area contributed by atoms with Crippen LogP contribution >= 0.6 is 0 Å². The van der Waals surface area contributed by atoms with Crippen LogP contribution in [0.3, 0.4) is 0 Å². The molecular weight excluding hydrogens is 316 g/mol. The highest BCUT2D eigenvalue weighted by Gasteiger charge is 2.15. The fraction of sp³-hybridized carbons (Fsp3) is 0.650. The third kappa shape index (κ3) is 7.78. The van der Waals surface area contributed by atoms with Crippen molar-refractivity contribution in [3.8, 4) is 11.5 Å². The maximum Gasteiger partial charge on any atom is 0.220 e. The molecular formula is C20H32N2O3. The van der Waals surface area contributed by atoms with Crippen molar-refractivity contribution in [3.63, 3.8) is 0 Å². The number of carbonyl (C=O) groups excluding carboxylic acids is 1. The molecule has 1 aliphatic rings. The minimum atomic E-state index is 0.214. The Morgan fingerprint density at radius 1 is 1.08 bits per heavy atom. The fourth-order valence-corrected chi connectivity index (χ4v) is 3.18. The van der Waals surface area contributed by atoms with Gasteiger partial charge in [0.2, 0.25) is 5.91 Å². The SMILES string of the molecule is COc1ccccc1OCCNCCCCC(=O)NC1CCCCC1. The molecule has 1 amide bonds. The van der Waals surface area contributed by atoms with Crippen molar-refractivity contribution in [3.05, 3.63) is 24.3 Å². The quantitative estimate of drug-likeness (QED) is 0.603. The summed E-state index contributed by atoms with van der Waals surface area (Å²) in [6.45, 7) is 2.29. The minimum absolute atomic E-state index is 0.214. The van der Waals surface area contributed by atoms with E-state index in [4.69, 9.17) is 9.47 Å². The lowest BCUT2D eigenvalue weighted by Crippen LogP contribution is -2.36. The Hall–Kier alpha value is -1.75. The highest BCUT2D eigenvalue weighted by Crippen LogP contribution is 2.25. The normalized spacial score (nSPS) is 14.9. The summed E-state index contributed by atoms with van der Waals surface area (Å²) in [5.74, 6) is 1.74. The molecule has 0 spiro atoms. The van der Waals surface area contributed by atoms with Gasteiger partial charge in [-0.15, -0.1) is 0 Å². The molecule has 5 nitrogen and oxygen atoms in total. The lowest BCUT2D eigenvalue weighted by molar-refractivity contribution is -0.122. The summed E-state index contributed by atoms with van der Waals surface area (Å²) in [7, 11) is 1.64. The average molecular weight is 348 g/mol. The molecule has 1 aromatic rings. The number of carbonyl (C=O) groups is 1. The Labute approximate surface area is 151 Å². The third-order valence-electron chi connectivity index (χ3n) is 4.58. The van der Waals surface area contributed by atoms with E-state index in [1.165, 1.54) is 19.3 Å². The smallest absolute Gasteiger partial charge is 0.220 e. The van der Waals surface area contributed by atoms with Crippen molar-refractivity contribution in [1.29, 1.82) is 0 Å². The van der Waals surface area contributed by atoms with Gasteiger partial charge in [0.1, 0.15) is 6.61 Å². The Balaban J connectivity index is 1.44. The van der Waals surface area contributed by atoms with E-state index in [0.29, 0.717) is 19.1 Å². The summed E-state index contributed by atoms with van der Waals surface area (Å²) < 4.78 is 11.0. The highest BCUT2D eigenvalue weighted by molar-refractivity contribution is 5.76. The van der Waals surface area contributed by atoms with Crippen LogP contribution in [0, 0.1) is 0 Å². The van der Waals surface area contributed by atoms with Crippen LogP contribution in [0.15, 0.2) is 24.3 Å². The van der Waals surface area contributed by atoms with Gasteiger partial charge in [0.15, 0.2) is 11.5 Å². The van der Waals surface area contributed by atoms with Gasteiger partial charge in [-0.3, -0.25) is 4.79 Å². The van der Waals surface area contributed by atoms with Crippen molar-refractivity contribution >= 4 is 5.91 Å². The van der Waals surface area contributed by atoms with Gasteiger partial charge < -0.3 is 20.1 Å². The molecule has 1 aromatic carbocycles. The van der Waals surface area contributed by atoms with Gasteiger partial charge in [0.05, 0.1) is 7.11 Å². The molecule has 1 aliphatic carbocycles. The molecule has 0 radical (unpaired) electrons. The standard InChI is InChI=1S/C20H32N2O3/c1-24-18-11-5-6-12-19(18)25-16-15-21-14-8-7-13-20(23)22-17-9-3-2-4-10-17/h5-6,11-12,17,21H,2-4,7-10,13-16H2,1H3,(H,22,23). The summed E-state index contributed by atoms with van der Waals surface area (Å²) >= 11 is 0. The first-order valence-electron chi connectivity index (χ1n) is 9.55. The number of hydrogen-bond acceptors (Lipinski definition) is 4. The molecule has 5 heteroatoms. The molecule has 0 heterocycles. The molecule has 25 heavy (non-hydrogen) atoms. The topological polar surface area (TPSA) is 59.6 Å². The predicted molar refractivity (Wildman–Crippen MR) is 100 cm³/mol. The van der Waals surface area contributed by atoms with Crippen LogP contribution in [0.1, 0.15) is 51.4 Å². The zero-order chi connectivity index (χ0) is 17.7. The molecule has 0 unspecified atom stereocenters. The van der Waals surface area contributed by atoms with Gasteiger partial charge in [0, 0.05) is 19.0 Å². The number of para-hydroxylation sites is 2. The number of methoxy groups -OCH3 is 1. The summed E-state index contributed by atoms with van der Waals surface area (Å²) in [4.78, 5) is 11.9. The molecule has 0 bridgehead atoms. The summed E-state index contributed by atoms with van der Waals surface area (Å²) in [5.41, 5.74) is 0. The van der Waals surface area contributed by atoms with Crippen molar-refractivity contribution in [1.82, 2.24) is 10.6 Å². The van der Waals surface area contributed by atoms with Gasteiger partial charge in [-0.25, -0.2) is 0 Å². The maximum absolute atomic E-state index is 11.9. The van der Waals surface area contributed by atoms with Gasteiger partial charge in [-0.05, 0) is 44.4 Å². The van der Waals surface area contributed by atoms with Crippen molar-refractivity contribution in [2.24, 2.45) is 0 Å². The van der Waals surface area contributed by atoms with E-state index in [0.717, 1.165) is 50.3 Å². The van der Waals surface area contributed by atoms with Crippen LogP contribution in [0.25, 0.3) is 0 Å². The number of ether oxygens (including phenoxy) is 2. The summed E-state index contributed by atoms with van der Waals surface area (Å²) in [6, 6.07) is 8.08. The van der Waals surface area contributed by atoms with Crippen LogP contribution in [0.5, 0.6) is 11.5 Å². The van der Waals surface area contributed by atoms with E-state index >= 15 is 0 Å². The summed E-state index contributed by atoms with van der Waals surface area (Å²) in [6.07, 6.45) is 8.71. The first kappa shape index (κ1) is 19.6. The molecule has 1 fully saturated rings. The second-order valence-electron chi connectivity index (χ2n) is 6.61. The van der Waals surface area contributed by atoms with Gasteiger partial charge in [0.25, 0.3) is 0 Å². The Morgan fingerprint density at radius 3 is 2.60 bits per heavy atom. The number of amides is 1. The number of unbranched alkanes of at least 4 members (excludes halogenated alkanes) is 1. The minimum Gasteiger partial charge on any atom is -0.493 e. The second-order valence-corrected chi connectivity index (χ2v) is 6.61. The molecule has 0 saturated heterocycles. The lowest BCUT2D eigenvalue weighted by atomic mass is 9.95. The molecule has 0 aromatic heterocycles. The van der Waals surface area contributed by atoms with Gasteiger partial charge >= 0.3 is 0 Å². The second kappa shape index (κ2) is 11.7. The zero-order valence-corrected chi connectivity index (χ0v) is 15.4. The molecule has 2 rings (SSSR count). The van der Waals surface area contributed by atoms with E-state index in [-0.39, 0.29) is 5.91 Å². The monoisotopic (exact) mass is 348 g/mol. The molecule has 140 valence electrons. The van der Waals surface area contributed by atoms with E-state index in [2.05, 4.69) is 10.6 Å². The zero-order valence-electron chi connectivity index (χ0n) is 15.4. The number of hydrogen-bond donors (Lipinski definition) is 2. The van der Waals surface area contributed by atoms with Crippen LogP contribution in [0.4, 0.5) is 0 Å². The summed E-state index contributed by atoms with van der Waals surface area (Å²) in [5, 5.41) is 6.52. The third-order valence-corrected chi connectivity index (χ3v) is 4.58. The molecule has 1 saturated carbocycles. The largest absolute Gasteiger partial charge is 0.493 e. The van der Waals surface area contributed by atoms with Gasteiger partial charge in [-0.2, -0.15) is 0 Å². The average Bonchev–Trinajstić information content (AvgIpc) is 2.65. The van der Waals surface area contributed by atoms with Crippen molar-refractivity contribution in [2.75, 3.05) is 26.8 Å². The van der Waals surface area contributed by atoms with Crippen LogP contribution in [-0.2, 0) is 4.79 Å². The lowest BCUT2D eigenvalue weighted by Gasteiger charge is -2.22. The van der Waals surface area contributed by atoms with E-state index in [1.807, 2.05) is 24.3 Å². The van der Waals surface area contributed by atoms with Crippen molar-refractivity contribution < 1.29 is 14.3 Å². The number of rotatable bonds is 11. The Morgan fingerprint density at radius 2 is 1.84 bits per heavy atom. The van der Waals surface area contributed by atoms with E-state index in [1.54, 1.807) is 7.11 Å². The van der Waals surface area contributed by atoms with Crippen LogP contribution < -0.4 is 20.1 Å². The fourth-order valence-electron chi connectivity index (χ4n) is 3.18. The predicted octanol–water partition coefficient (Wildman–Crippen LogP) is 3.28. The van der Waals surface area contributed by atoms with Gasteiger partial charge in [-0.1, -0.05) is 31.4 Å². The Kier molecular flexibility index (Phi) is 9.19. The van der Waals surface area contributed by atoms with E-state index in [9.17, 15) is 4.79 Å². The first-order valence-corrected chi connectivity index (χ1v) is 9.55. The first-order chi connectivity index (χ1) is 12.3. The maximum atomic E-state index is 11.9. The van der Waals surface area contributed by atoms with Crippen LogP contribution in [-0.4, -0.2) is 38.8 Å². The van der Waals surface area contributed by atoms with Crippen LogP contribution in [0.2, 0.25) is 0 Å². The molecule has 2 N–H and O–H groups in total. The number of benzene rings is 1. The van der Waals surface area contributed by atoms with Crippen molar-refractivity contribution in [2.45, 2.75) is 57.4 Å². The molecule has 0 aliphatic heterocycles. The Bertz CT molecular complexity index is 501. The highest BCUT2D eigenvalue weighted by atomic mass is 16.5. The molecule has 0 atom stereocenters. The van der Waals surface area contributed by atoms with E-state index < -0.39 is 0 Å².